The molecule has 0 aliphatic rings. The molecule has 0 atom stereocenters. The number of hydrogen-bond donors (Lipinski definition) is 1. The van der Waals surface area contributed by atoms with Crippen LogP contribution in [0.15, 0.2) is 22.1 Å². The van der Waals surface area contributed by atoms with Crippen LogP contribution >= 0.6 is 11.8 Å². The lowest BCUT2D eigenvalue weighted by atomic mass is 10.3. The first-order valence-corrected chi connectivity index (χ1v) is 6.03. The summed E-state index contributed by atoms with van der Waals surface area (Å²) in [5.74, 6) is 1.08. The van der Waals surface area contributed by atoms with Crippen LogP contribution in [0.3, 0.4) is 0 Å². The van der Waals surface area contributed by atoms with Crippen LogP contribution in [-0.2, 0) is 0 Å². The molecule has 0 saturated carbocycles. The standard InChI is InChI=1S/C10H18N2OS/c1-9(2)11-5-3-4-8-14-10-12-6-7-13-10/h6-7,9,11H,3-5,8H2,1-2H3. The fourth-order valence-corrected chi connectivity index (χ4v) is 1.84. The number of hydrogen-bond acceptors (Lipinski definition) is 4. The maximum absolute atomic E-state index is 5.11. The molecule has 0 spiro atoms. The lowest BCUT2D eigenvalue weighted by Gasteiger charge is -2.06. The van der Waals surface area contributed by atoms with Crippen molar-refractivity contribution in [2.24, 2.45) is 0 Å². The molecule has 0 saturated heterocycles. The van der Waals surface area contributed by atoms with Crippen LogP contribution in [0.4, 0.5) is 0 Å². The fraction of sp³-hybridized carbons (Fsp3) is 0.700. The highest BCUT2D eigenvalue weighted by atomic mass is 32.2. The van der Waals surface area contributed by atoms with Crippen molar-refractivity contribution in [3.8, 4) is 0 Å². The van der Waals surface area contributed by atoms with Crippen LogP contribution in [0.1, 0.15) is 26.7 Å². The second-order valence-corrected chi connectivity index (χ2v) is 4.51. The van der Waals surface area contributed by atoms with E-state index in [0.717, 1.165) is 17.5 Å². The minimum Gasteiger partial charge on any atom is -0.440 e. The molecular formula is C10H18N2OS. The third kappa shape index (κ3) is 5.29. The Bertz CT molecular complexity index is 224. The number of thioether (sulfide) groups is 1. The van der Waals surface area contributed by atoms with Gasteiger partial charge in [-0.05, 0) is 19.4 Å². The van der Waals surface area contributed by atoms with E-state index in [1.54, 1.807) is 24.2 Å². The largest absolute Gasteiger partial charge is 0.440 e. The maximum atomic E-state index is 5.11. The maximum Gasteiger partial charge on any atom is 0.255 e. The summed E-state index contributed by atoms with van der Waals surface area (Å²) in [6.07, 6.45) is 5.71. The Labute approximate surface area is 89.7 Å². The lowest BCUT2D eigenvalue weighted by molar-refractivity contribution is 0.454. The van der Waals surface area contributed by atoms with E-state index >= 15 is 0 Å². The molecule has 4 heteroatoms. The second kappa shape index (κ2) is 6.90. The van der Waals surface area contributed by atoms with E-state index in [4.69, 9.17) is 4.42 Å². The molecule has 1 aromatic rings. The normalized spacial score (nSPS) is 11.1. The Hall–Kier alpha value is -0.480. The van der Waals surface area contributed by atoms with Crippen LogP contribution in [0.2, 0.25) is 0 Å². The van der Waals surface area contributed by atoms with Gasteiger partial charge in [-0.3, -0.25) is 0 Å². The minimum absolute atomic E-state index is 0.592. The molecule has 0 unspecified atom stereocenters. The Kier molecular flexibility index (Phi) is 5.71. The average molecular weight is 214 g/mol. The summed E-state index contributed by atoms with van der Waals surface area (Å²) in [7, 11) is 0. The molecule has 0 bridgehead atoms. The summed E-state index contributed by atoms with van der Waals surface area (Å²) < 4.78 is 5.11. The van der Waals surface area contributed by atoms with Crippen molar-refractivity contribution < 1.29 is 4.42 Å². The molecule has 14 heavy (non-hydrogen) atoms. The van der Waals surface area contributed by atoms with Crippen LogP contribution in [0, 0.1) is 0 Å². The highest BCUT2D eigenvalue weighted by molar-refractivity contribution is 7.99. The van der Waals surface area contributed by atoms with E-state index in [1.165, 1.54) is 12.8 Å². The molecule has 0 fully saturated rings. The zero-order chi connectivity index (χ0) is 10.2. The molecule has 1 aromatic heterocycles. The fourth-order valence-electron chi connectivity index (χ4n) is 1.06. The number of rotatable bonds is 7. The first-order chi connectivity index (χ1) is 6.79. The van der Waals surface area contributed by atoms with Gasteiger partial charge in [-0.25, -0.2) is 4.98 Å². The average Bonchev–Trinajstić information content (AvgIpc) is 2.63. The first kappa shape index (κ1) is 11.6. The van der Waals surface area contributed by atoms with Gasteiger partial charge < -0.3 is 9.73 Å². The van der Waals surface area contributed by atoms with Gasteiger partial charge in [0.1, 0.15) is 6.26 Å². The Morgan fingerprint density at radius 1 is 1.50 bits per heavy atom. The number of aromatic nitrogens is 1. The van der Waals surface area contributed by atoms with E-state index in [9.17, 15) is 0 Å². The van der Waals surface area contributed by atoms with Crippen molar-refractivity contribution in [3.05, 3.63) is 12.5 Å². The van der Waals surface area contributed by atoms with E-state index in [1.807, 2.05) is 0 Å². The third-order valence-electron chi connectivity index (χ3n) is 1.76. The van der Waals surface area contributed by atoms with Gasteiger partial charge in [-0.2, -0.15) is 0 Å². The number of unbranched alkanes of at least 4 members (excludes halogenated alkanes) is 1. The second-order valence-electron chi connectivity index (χ2n) is 3.46. The smallest absolute Gasteiger partial charge is 0.255 e. The van der Waals surface area contributed by atoms with Crippen LogP contribution in [0.25, 0.3) is 0 Å². The van der Waals surface area contributed by atoms with E-state index < -0.39 is 0 Å². The monoisotopic (exact) mass is 214 g/mol. The number of oxazole rings is 1. The molecular weight excluding hydrogens is 196 g/mol. The summed E-state index contributed by atoms with van der Waals surface area (Å²) in [5.41, 5.74) is 0. The van der Waals surface area contributed by atoms with E-state index in [-0.39, 0.29) is 0 Å². The van der Waals surface area contributed by atoms with Gasteiger partial charge in [0, 0.05) is 11.8 Å². The predicted octanol–water partition coefficient (Wildman–Crippen LogP) is 2.54. The molecule has 1 rings (SSSR count). The number of nitrogens with zero attached hydrogens (tertiary/aromatic N) is 1. The van der Waals surface area contributed by atoms with Gasteiger partial charge in [0.15, 0.2) is 0 Å². The Balaban J connectivity index is 1.90. The molecule has 0 aromatic carbocycles. The molecule has 0 amide bonds. The zero-order valence-corrected chi connectivity index (χ0v) is 9.64. The Morgan fingerprint density at radius 2 is 2.36 bits per heavy atom. The minimum atomic E-state index is 0.592. The molecule has 0 radical (unpaired) electrons. The van der Waals surface area contributed by atoms with Crippen molar-refractivity contribution in [3.63, 3.8) is 0 Å². The lowest BCUT2D eigenvalue weighted by Crippen LogP contribution is -2.23. The van der Waals surface area contributed by atoms with Gasteiger partial charge in [-0.15, -0.1) is 0 Å². The van der Waals surface area contributed by atoms with Crippen LogP contribution < -0.4 is 5.32 Å². The topological polar surface area (TPSA) is 38.1 Å². The first-order valence-electron chi connectivity index (χ1n) is 5.04. The van der Waals surface area contributed by atoms with Gasteiger partial charge in [0.05, 0.1) is 6.20 Å². The van der Waals surface area contributed by atoms with E-state index in [2.05, 4.69) is 24.1 Å². The molecule has 80 valence electrons. The third-order valence-corrected chi connectivity index (χ3v) is 2.70. The van der Waals surface area contributed by atoms with Crippen molar-refractivity contribution in [2.75, 3.05) is 12.3 Å². The summed E-state index contributed by atoms with van der Waals surface area (Å²) >= 11 is 1.68. The molecule has 1 heterocycles. The highest BCUT2D eigenvalue weighted by Gasteiger charge is 1.97. The Morgan fingerprint density at radius 3 is 3.00 bits per heavy atom. The van der Waals surface area contributed by atoms with Crippen molar-refractivity contribution in [1.82, 2.24) is 10.3 Å². The predicted molar refractivity (Wildman–Crippen MR) is 59.6 cm³/mol. The SMILES string of the molecule is CC(C)NCCCCSc1ncco1. The highest BCUT2D eigenvalue weighted by Crippen LogP contribution is 2.15. The van der Waals surface area contributed by atoms with Crippen LogP contribution in [-0.4, -0.2) is 23.3 Å². The van der Waals surface area contributed by atoms with Gasteiger partial charge in [-0.1, -0.05) is 25.6 Å². The quantitative estimate of drug-likeness (QED) is 0.559. The summed E-state index contributed by atoms with van der Waals surface area (Å²) in [5, 5.41) is 4.17. The van der Waals surface area contributed by atoms with Gasteiger partial charge in [0.25, 0.3) is 5.22 Å². The van der Waals surface area contributed by atoms with E-state index in [0.29, 0.717) is 6.04 Å². The summed E-state index contributed by atoms with van der Waals surface area (Å²) in [6.45, 7) is 5.44. The molecule has 0 aliphatic heterocycles. The van der Waals surface area contributed by atoms with Crippen molar-refractivity contribution >= 4 is 11.8 Å². The van der Waals surface area contributed by atoms with Gasteiger partial charge in [0.2, 0.25) is 0 Å². The summed E-state index contributed by atoms with van der Waals surface area (Å²) in [6, 6.07) is 0.592. The molecule has 3 nitrogen and oxygen atoms in total. The van der Waals surface area contributed by atoms with Gasteiger partial charge >= 0.3 is 0 Å². The molecule has 0 aliphatic carbocycles. The summed E-state index contributed by atoms with van der Waals surface area (Å²) in [4.78, 5) is 4.04. The van der Waals surface area contributed by atoms with Crippen LogP contribution in [0.5, 0.6) is 0 Å². The van der Waals surface area contributed by atoms with Crippen molar-refractivity contribution in [2.45, 2.75) is 38.0 Å². The van der Waals surface area contributed by atoms with Crippen molar-refractivity contribution in [1.29, 1.82) is 0 Å². The zero-order valence-electron chi connectivity index (χ0n) is 8.82. The molecule has 1 N–H and O–H groups in total. The number of nitrogens with one attached hydrogen (secondary N) is 1.